The minimum atomic E-state index is -0.445. The van der Waals surface area contributed by atoms with Gasteiger partial charge in [0.1, 0.15) is 5.75 Å². The summed E-state index contributed by atoms with van der Waals surface area (Å²) < 4.78 is 5.33. The molecule has 2 bridgehead atoms. The summed E-state index contributed by atoms with van der Waals surface area (Å²) in [5.74, 6) is 2.09. The summed E-state index contributed by atoms with van der Waals surface area (Å²) in [5.41, 5.74) is 8.26. The molecule has 3 aromatic rings. The SMILES string of the molecule is COc1cccc([C@H](O)C2CCN(Cc3c(Cl)ccc4c3[C@H]3CC4c4ccccc43)CC2)c1. The Kier molecular flexibility index (Phi) is 5.44. The molecule has 0 saturated carbocycles. The maximum Gasteiger partial charge on any atom is 0.119 e. The summed E-state index contributed by atoms with van der Waals surface area (Å²) in [6, 6.07) is 21.1. The van der Waals surface area contributed by atoms with Crippen LogP contribution in [0.5, 0.6) is 5.75 Å². The molecule has 1 aliphatic heterocycles. The number of fused-ring (bicyclic) bond motifs is 8. The van der Waals surface area contributed by atoms with Crippen LogP contribution in [0.15, 0.2) is 60.7 Å². The molecule has 0 amide bonds. The van der Waals surface area contributed by atoms with Crippen molar-refractivity contribution in [1.82, 2.24) is 4.90 Å². The molecule has 3 nitrogen and oxygen atoms in total. The molecule has 1 heterocycles. The Morgan fingerprint density at radius 3 is 2.48 bits per heavy atom. The fourth-order valence-electron chi connectivity index (χ4n) is 6.48. The Balaban J connectivity index is 1.18. The predicted octanol–water partition coefficient (Wildman–Crippen LogP) is 6.28. The quantitative estimate of drug-likeness (QED) is 0.487. The van der Waals surface area contributed by atoms with E-state index in [9.17, 15) is 5.11 Å². The Bertz CT molecular complexity index is 1180. The highest BCUT2D eigenvalue weighted by Crippen LogP contribution is 2.58. The number of halogens is 1. The minimum absolute atomic E-state index is 0.271. The Morgan fingerprint density at radius 1 is 0.970 bits per heavy atom. The standard InChI is InChI=1S/C29H30ClNO2/c1-33-20-6-4-5-19(15-20)29(32)18-11-13-31(14-12-18)17-26-27(30)10-9-23-24-16-25(28(23)26)22-8-3-2-7-21(22)24/h2-10,15,18,24-25,29,32H,11-14,16-17H2,1H3/t24?,25-,29+/m0/s1. The second kappa shape index (κ2) is 8.47. The number of likely N-dealkylation sites (tertiary alicyclic amines) is 1. The van der Waals surface area contributed by atoms with Crippen molar-refractivity contribution >= 4 is 11.6 Å². The van der Waals surface area contributed by atoms with Crippen molar-refractivity contribution in [2.45, 2.75) is 43.7 Å². The summed E-state index contributed by atoms with van der Waals surface area (Å²) in [7, 11) is 1.67. The van der Waals surface area contributed by atoms with E-state index < -0.39 is 6.10 Å². The number of nitrogens with zero attached hydrogens (tertiary/aromatic N) is 1. The molecule has 0 spiro atoms. The van der Waals surface area contributed by atoms with E-state index in [4.69, 9.17) is 16.3 Å². The third kappa shape index (κ3) is 3.58. The Hall–Kier alpha value is -2.33. The third-order valence-corrected chi connectivity index (χ3v) is 8.53. The van der Waals surface area contributed by atoms with E-state index in [0.717, 1.165) is 48.8 Å². The van der Waals surface area contributed by atoms with E-state index in [-0.39, 0.29) is 5.92 Å². The fraction of sp³-hybridized carbons (Fsp3) is 0.379. The van der Waals surface area contributed by atoms with E-state index >= 15 is 0 Å². The molecule has 0 radical (unpaired) electrons. The van der Waals surface area contributed by atoms with Gasteiger partial charge < -0.3 is 9.84 Å². The summed E-state index contributed by atoms with van der Waals surface area (Å²) in [6.45, 7) is 2.86. The smallest absolute Gasteiger partial charge is 0.119 e. The molecular formula is C29H30ClNO2. The first-order valence-corrected chi connectivity index (χ1v) is 12.5. The average molecular weight is 460 g/mol. The van der Waals surface area contributed by atoms with Crippen molar-refractivity contribution in [2.24, 2.45) is 5.92 Å². The van der Waals surface area contributed by atoms with E-state index in [1.165, 1.54) is 34.2 Å². The molecule has 1 saturated heterocycles. The highest BCUT2D eigenvalue weighted by molar-refractivity contribution is 6.31. The second-order valence-electron chi connectivity index (χ2n) is 9.83. The maximum atomic E-state index is 11.0. The van der Waals surface area contributed by atoms with Crippen molar-refractivity contribution < 1.29 is 9.84 Å². The fourth-order valence-corrected chi connectivity index (χ4v) is 6.71. The number of piperidine rings is 1. The summed E-state index contributed by atoms with van der Waals surface area (Å²) >= 11 is 6.80. The number of ether oxygens (including phenoxy) is 1. The predicted molar refractivity (Wildman–Crippen MR) is 132 cm³/mol. The zero-order chi connectivity index (χ0) is 22.5. The van der Waals surface area contributed by atoms with Gasteiger partial charge in [-0.3, -0.25) is 4.90 Å². The number of benzene rings is 3. The molecule has 3 atom stereocenters. The van der Waals surface area contributed by atoms with Crippen LogP contribution in [-0.4, -0.2) is 30.2 Å². The summed E-state index contributed by atoms with van der Waals surface area (Å²) in [5, 5.41) is 11.9. The Labute approximate surface area is 201 Å². The lowest BCUT2D eigenvalue weighted by Crippen LogP contribution is -2.35. The first kappa shape index (κ1) is 21.2. The van der Waals surface area contributed by atoms with Crippen LogP contribution in [0.3, 0.4) is 0 Å². The van der Waals surface area contributed by atoms with Gasteiger partial charge in [-0.15, -0.1) is 0 Å². The van der Waals surface area contributed by atoms with Gasteiger partial charge in [-0.05, 0) is 89.8 Å². The summed E-state index contributed by atoms with van der Waals surface area (Å²) in [4.78, 5) is 2.52. The van der Waals surface area contributed by atoms with Crippen molar-refractivity contribution in [2.75, 3.05) is 20.2 Å². The second-order valence-corrected chi connectivity index (χ2v) is 10.2. The van der Waals surface area contributed by atoms with Crippen molar-refractivity contribution in [3.05, 3.63) is 99.1 Å². The molecule has 1 unspecified atom stereocenters. The molecule has 2 aliphatic carbocycles. The molecule has 6 rings (SSSR count). The number of hydrogen-bond acceptors (Lipinski definition) is 3. The normalized spacial score (nSPS) is 22.8. The van der Waals surface area contributed by atoms with Gasteiger partial charge in [0.25, 0.3) is 0 Å². The topological polar surface area (TPSA) is 32.7 Å². The van der Waals surface area contributed by atoms with Gasteiger partial charge in [-0.2, -0.15) is 0 Å². The van der Waals surface area contributed by atoms with Gasteiger partial charge in [0.2, 0.25) is 0 Å². The van der Waals surface area contributed by atoms with E-state index in [1.807, 2.05) is 24.3 Å². The Morgan fingerprint density at radius 2 is 1.73 bits per heavy atom. The van der Waals surface area contributed by atoms with Gasteiger partial charge in [0.15, 0.2) is 0 Å². The molecule has 1 fully saturated rings. The highest BCUT2D eigenvalue weighted by atomic mass is 35.5. The van der Waals surface area contributed by atoms with Crippen LogP contribution in [0.4, 0.5) is 0 Å². The van der Waals surface area contributed by atoms with Crippen LogP contribution in [-0.2, 0) is 6.54 Å². The van der Waals surface area contributed by atoms with Crippen LogP contribution < -0.4 is 4.74 Å². The third-order valence-electron chi connectivity index (χ3n) is 8.17. The van der Waals surface area contributed by atoms with Crippen LogP contribution in [0.25, 0.3) is 0 Å². The van der Waals surface area contributed by atoms with Gasteiger partial charge in [0, 0.05) is 23.4 Å². The number of hydrogen-bond donors (Lipinski definition) is 1. The molecule has 4 heteroatoms. The molecule has 3 aromatic carbocycles. The van der Waals surface area contributed by atoms with E-state index in [2.05, 4.69) is 41.3 Å². The lowest BCUT2D eigenvalue weighted by molar-refractivity contribution is 0.0565. The first-order chi connectivity index (χ1) is 16.1. The van der Waals surface area contributed by atoms with Crippen LogP contribution >= 0.6 is 11.6 Å². The van der Waals surface area contributed by atoms with Crippen molar-refractivity contribution in [3.63, 3.8) is 0 Å². The average Bonchev–Trinajstić information content (AvgIpc) is 3.43. The van der Waals surface area contributed by atoms with Gasteiger partial charge in [-0.1, -0.05) is 54.1 Å². The van der Waals surface area contributed by atoms with E-state index in [1.54, 1.807) is 7.11 Å². The van der Waals surface area contributed by atoms with Crippen LogP contribution in [0.2, 0.25) is 5.02 Å². The largest absolute Gasteiger partial charge is 0.497 e. The molecule has 0 aromatic heterocycles. The number of rotatable bonds is 5. The summed E-state index contributed by atoms with van der Waals surface area (Å²) in [6.07, 6.45) is 2.72. The molecule has 33 heavy (non-hydrogen) atoms. The number of aliphatic hydroxyl groups is 1. The highest BCUT2D eigenvalue weighted by Gasteiger charge is 2.43. The molecule has 1 N–H and O–H groups in total. The van der Waals surface area contributed by atoms with Gasteiger partial charge >= 0.3 is 0 Å². The first-order valence-electron chi connectivity index (χ1n) is 12.1. The van der Waals surface area contributed by atoms with Crippen LogP contribution in [0.1, 0.15) is 70.6 Å². The zero-order valence-electron chi connectivity index (χ0n) is 19.0. The maximum absolute atomic E-state index is 11.0. The number of aliphatic hydroxyl groups excluding tert-OH is 1. The van der Waals surface area contributed by atoms with Crippen molar-refractivity contribution in [3.8, 4) is 5.75 Å². The molecule has 3 aliphatic rings. The molecular weight excluding hydrogens is 430 g/mol. The minimum Gasteiger partial charge on any atom is -0.497 e. The molecule has 170 valence electrons. The van der Waals surface area contributed by atoms with Gasteiger partial charge in [0.05, 0.1) is 13.2 Å². The number of methoxy groups -OCH3 is 1. The monoisotopic (exact) mass is 459 g/mol. The van der Waals surface area contributed by atoms with E-state index in [0.29, 0.717) is 11.8 Å². The van der Waals surface area contributed by atoms with Crippen molar-refractivity contribution in [1.29, 1.82) is 0 Å². The van der Waals surface area contributed by atoms with Crippen LogP contribution in [0, 0.1) is 5.92 Å². The lowest BCUT2D eigenvalue weighted by atomic mass is 9.83. The van der Waals surface area contributed by atoms with Gasteiger partial charge in [-0.25, -0.2) is 0 Å². The zero-order valence-corrected chi connectivity index (χ0v) is 19.8. The lowest BCUT2D eigenvalue weighted by Gasteiger charge is -2.35.